The van der Waals surface area contributed by atoms with Crippen LogP contribution >= 0.6 is 0 Å². The zero-order valence-corrected chi connectivity index (χ0v) is 12.1. The zero-order valence-electron chi connectivity index (χ0n) is 12.1. The van der Waals surface area contributed by atoms with Gasteiger partial charge < -0.3 is 10.2 Å². The molecule has 0 atom stereocenters. The maximum Gasteiger partial charge on any atom is 0.255 e. The van der Waals surface area contributed by atoms with Gasteiger partial charge in [0.05, 0.1) is 11.8 Å². The monoisotopic (exact) mass is 272 g/mol. The first-order chi connectivity index (χ1) is 9.61. The van der Waals surface area contributed by atoms with Gasteiger partial charge in [-0.15, -0.1) is 0 Å². The molecule has 0 saturated heterocycles. The Labute approximate surface area is 119 Å². The van der Waals surface area contributed by atoms with Crippen molar-refractivity contribution in [2.45, 2.75) is 19.9 Å². The molecule has 0 bridgehead atoms. The number of aromatic amines is 1. The molecule has 1 aromatic heterocycles. The number of carbonyl (C=O) groups excluding carboxylic acids is 1. The van der Waals surface area contributed by atoms with E-state index in [1.807, 2.05) is 50.2 Å². The molecule has 1 aromatic carbocycles. The molecule has 2 rings (SSSR count). The summed E-state index contributed by atoms with van der Waals surface area (Å²) in [5.41, 5.74) is 3.71. The standard InChI is InChI=1S/C15H20N4O/c1-4-14-13(10-17-18-14)15(20)16-9-11-5-7-12(8-6-11)19(2)3/h5-8,10H,4,9H2,1-3H3,(H,16,20)(H,17,18). The third-order valence-corrected chi connectivity index (χ3v) is 3.22. The van der Waals surface area contributed by atoms with Crippen LogP contribution in [0, 0.1) is 0 Å². The van der Waals surface area contributed by atoms with E-state index in [2.05, 4.69) is 15.5 Å². The molecule has 0 radical (unpaired) electrons. The molecule has 0 unspecified atom stereocenters. The molecule has 5 heteroatoms. The predicted octanol–water partition coefficient (Wildman–Crippen LogP) is 1.97. The molecular weight excluding hydrogens is 252 g/mol. The fourth-order valence-electron chi connectivity index (χ4n) is 1.97. The maximum atomic E-state index is 12.1. The quantitative estimate of drug-likeness (QED) is 0.874. The highest BCUT2D eigenvalue weighted by Crippen LogP contribution is 2.12. The molecule has 1 heterocycles. The van der Waals surface area contributed by atoms with Crippen LogP contribution in [0.4, 0.5) is 5.69 Å². The van der Waals surface area contributed by atoms with E-state index in [9.17, 15) is 4.79 Å². The third kappa shape index (κ3) is 3.17. The van der Waals surface area contributed by atoms with Gasteiger partial charge in [0.1, 0.15) is 0 Å². The number of aryl methyl sites for hydroxylation is 1. The summed E-state index contributed by atoms with van der Waals surface area (Å²) < 4.78 is 0. The fourth-order valence-corrected chi connectivity index (χ4v) is 1.97. The second-order valence-electron chi connectivity index (χ2n) is 4.86. The number of aromatic nitrogens is 2. The smallest absolute Gasteiger partial charge is 0.255 e. The van der Waals surface area contributed by atoms with Crippen molar-refractivity contribution in [2.75, 3.05) is 19.0 Å². The first kappa shape index (κ1) is 14.1. The van der Waals surface area contributed by atoms with Crippen molar-refractivity contribution in [1.29, 1.82) is 0 Å². The SMILES string of the molecule is CCc1[nH]ncc1C(=O)NCc1ccc(N(C)C)cc1. The van der Waals surface area contributed by atoms with Crippen molar-refractivity contribution >= 4 is 11.6 Å². The number of H-pyrrole nitrogens is 1. The number of nitrogens with one attached hydrogen (secondary N) is 2. The van der Waals surface area contributed by atoms with Crippen molar-refractivity contribution in [2.24, 2.45) is 0 Å². The second-order valence-corrected chi connectivity index (χ2v) is 4.86. The van der Waals surface area contributed by atoms with Crippen LogP contribution in [0.1, 0.15) is 28.5 Å². The van der Waals surface area contributed by atoms with E-state index < -0.39 is 0 Å². The number of hydrogen-bond acceptors (Lipinski definition) is 3. The van der Waals surface area contributed by atoms with E-state index in [1.54, 1.807) is 6.20 Å². The summed E-state index contributed by atoms with van der Waals surface area (Å²) in [5, 5.41) is 9.66. The first-order valence-electron chi connectivity index (χ1n) is 6.68. The normalized spacial score (nSPS) is 10.3. The van der Waals surface area contributed by atoms with Crippen LogP contribution in [-0.2, 0) is 13.0 Å². The van der Waals surface area contributed by atoms with Crippen LogP contribution in [-0.4, -0.2) is 30.2 Å². The van der Waals surface area contributed by atoms with Crippen LogP contribution in [0.3, 0.4) is 0 Å². The molecule has 0 saturated carbocycles. The molecule has 0 aliphatic carbocycles. The average Bonchev–Trinajstić information content (AvgIpc) is 2.93. The third-order valence-electron chi connectivity index (χ3n) is 3.22. The highest BCUT2D eigenvalue weighted by atomic mass is 16.1. The van der Waals surface area contributed by atoms with Gasteiger partial charge in [-0.05, 0) is 24.1 Å². The second kappa shape index (κ2) is 6.23. The summed E-state index contributed by atoms with van der Waals surface area (Å²) in [6.07, 6.45) is 2.34. The minimum absolute atomic E-state index is 0.0905. The molecule has 0 aliphatic rings. The number of carbonyl (C=O) groups is 1. The number of anilines is 1. The Hall–Kier alpha value is -2.30. The summed E-state index contributed by atoms with van der Waals surface area (Å²) in [6, 6.07) is 8.12. The minimum atomic E-state index is -0.0905. The molecule has 0 fully saturated rings. The van der Waals surface area contributed by atoms with Crippen LogP contribution in [0.2, 0.25) is 0 Å². The van der Waals surface area contributed by atoms with E-state index in [-0.39, 0.29) is 5.91 Å². The predicted molar refractivity (Wildman–Crippen MR) is 79.9 cm³/mol. The number of nitrogens with zero attached hydrogens (tertiary/aromatic N) is 2. The van der Waals surface area contributed by atoms with Gasteiger partial charge in [-0.1, -0.05) is 19.1 Å². The van der Waals surface area contributed by atoms with Gasteiger partial charge in [-0.2, -0.15) is 5.10 Å². The summed E-state index contributed by atoms with van der Waals surface area (Å²) in [7, 11) is 4.00. The van der Waals surface area contributed by atoms with Gasteiger partial charge in [0, 0.05) is 32.0 Å². The molecule has 0 aliphatic heterocycles. The number of benzene rings is 1. The Morgan fingerprint density at radius 3 is 2.60 bits per heavy atom. The number of amides is 1. The molecule has 20 heavy (non-hydrogen) atoms. The summed E-state index contributed by atoms with van der Waals surface area (Å²) in [6.45, 7) is 2.51. The Morgan fingerprint density at radius 2 is 2.00 bits per heavy atom. The molecule has 2 aromatic rings. The Bertz CT molecular complexity index is 572. The molecular formula is C15H20N4O. The van der Waals surface area contributed by atoms with Crippen LogP contribution < -0.4 is 10.2 Å². The van der Waals surface area contributed by atoms with Gasteiger partial charge in [-0.25, -0.2) is 0 Å². The summed E-state index contributed by atoms with van der Waals surface area (Å²) in [5.74, 6) is -0.0905. The van der Waals surface area contributed by atoms with Crippen LogP contribution in [0.5, 0.6) is 0 Å². The van der Waals surface area contributed by atoms with Gasteiger partial charge in [0.15, 0.2) is 0 Å². The lowest BCUT2D eigenvalue weighted by atomic mass is 10.1. The molecule has 5 nitrogen and oxygen atoms in total. The van der Waals surface area contributed by atoms with Crippen molar-refractivity contribution in [3.05, 3.63) is 47.3 Å². The van der Waals surface area contributed by atoms with E-state index in [1.165, 1.54) is 0 Å². The van der Waals surface area contributed by atoms with Gasteiger partial charge >= 0.3 is 0 Å². The van der Waals surface area contributed by atoms with Gasteiger partial charge in [0.2, 0.25) is 0 Å². The van der Waals surface area contributed by atoms with E-state index in [0.29, 0.717) is 12.1 Å². The summed E-state index contributed by atoms with van der Waals surface area (Å²) in [4.78, 5) is 14.1. The molecule has 0 spiro atoms. The molecule has 106 valence electrons. The lowest BCUT2D eigenvalue weighted by molar-refractivity contribution is 0.0950. The molecule has 2 N–H and O–H groups in total. The van der Waals surface area contributed by atoms with E-state index in [0.717, 1.165) is 23.4 Å². The van der Waals surface area contributed by atoms with E-state index >= 15 is 0 Å². The van der Waals surface area contributed by atoms with Crippen molar-refractivity contribution in [1.82, 2.24) is 15.5 Å². The Balaban J connectivity index is 1.96. The largest absolute Gasteiger partial charge is 0.378 e. The van der Waals surface area contributed by atoms with Crippen molar-refractivity contribution in [3.63, 3.8) is 0 Å². The number of rotatable bonds is 5. The van der Waals surface area contributed by atoms with Gasteiger partial charge in [-0.3, -0.25) is 9.89 Å². The average molecular weight is 272 g/mol. The van der Waals surface area contributed by atoms with Crippen LogP contribution in [0.25, 0.3) is 0 Å². The minimum Gasteiger partial charge on any atom is -0.378 e. The Kier molecular flexibility index (Phi) is 4.40. The van der Waals surface area contributed by atoms with Crippen LogP contribution in [0.15, 0.2) is 30.5 Å². The highest BCUT2D eigenvalue weighted by Gasteiger charge is 2.11. The Morgan fingerprint density at radius 1 is 1.30 bits per heavy atom. The summed E-state index contributed by atoms with van der Waals surface area (Å²) >= 11 is 0. The highest BCUT2D eigenvalue weighted by molar-refractivity contribution is 5.95. The molecule has 1 amide bonds. The number of hydrogen-bond donors (Lipinski definition) is 2. The maximum absolute atomic E-state index is 12.1. The lowest BCUT2D eigenvalue weighted by Crippen LogP contribution is -2.23. The zero-order chi connectivity index (χ0) is 14.5. The lowest BCUT2D eigenvalue weighted by Gasteiger charge is -2.12. The fraction of sp³-hybridized carbons (Fsp3) is 0.333. The van der Waals surface area contributed by atoms with Crippen molar-refractivity contribution in [3.8, 4) is 0 Å². The van der Waals surface area contributed by atoms with Gasteiger partial charge in [0.25, 0.3) is 5.91 Å². The topological polar surface area (TPSA) is 61.0 Å². The first-order valence-corrected chi connectivity index (χ1v) is 6.68. The van der Waals surface area contributed by atoms with Crippen molar-refractivity contribution < 1.29 is 4.79 Å². The van der Waals surface area contributed by atoms with E-state index in [4.69, 9.17) is 0 Å².